The predicted octanol–water partition coefficient (Wildman–Crippen LogP) is 6.41. The van der Waals surface area contributed by atoms with Gasteiger partial charge in [0.2, 0.25) is 0 Å². The zero-order valence-corrected chi connectivity index (χ0v) is 17.0. The summed E-state index contributed by atoms with van der Waals surface area (Å²) in [5.41, 5.74) is 12.4. The first-order chi connectivity index (χ1) is 12.2. The third-order valence-corrected chi connectivity index (χ3v) is 7.16. The van der Waals surface area contributed by atoms with Gasteiger partial charge in [-0.2, -0.15) is 0 Å². The Morgan fingerprint density at radius 1 is 0.885 bits per heavy atom. The summed E-state index contributed by atoms with van der Waals surface area (Å²) in [5.74, 6) is 0. The molecule has 0 spiro atoms. The molecular weight excluding hydrogens is 314 g/mol. The minimum absolute atomic E-state index is 0.268. The number of aryl methyl sites for hydroxylation is 2. The second-order valence-electron chi connectivity index (χ2n) is 9.91. The molecule has 0 atom stereocenters. The summed E-state index contributed by atoms with van der Waals surface area (Å²) < 4.78 is 2.42. The summed E-state index contributed by atoms with van der Waals surface area (Å²) in [6.45, 7) is 11.9. The maximum Gasteiger partial charge on any atom is 0.0527 e. The third-order valence-electron chi connectivity index (χ3n) is 7.16. The molecule has 0 fully saturated rings. The van der Waals surface area contributed by atoms with Crippen LogP contribution in [0.2, 0.25) is 0 Å². The number of rotatable bonds is 0. The Balaban J connectivity index is 1.82. The Hall–Kier alpha value is -2.02. The molecule has 0 unspecified atom stereocenters. The summed E-state index contributed by atoms with van der Waals surface area (Å²) in [4.78, 5) is 0. The molecule has 0 saturated carbocycles. The smallest absolute Gasteiger partial charge is 0.0527 e. The lowest BCUT2D eigenvalue weighted by atomic mass is 9.62. The van der Waals surface area contributed by atoms with Crippen LogP contribution in [-0.2, 0) is 24.3 Å². The lowest BCUT2D eigenvalue weighted by Crippen LogP contribution is -2.34. The van der Waals surface area contributed by atoms with Crippen LogP contribution in [0.5, 0.6) is 0 Å². The summed E-state index contributed by atoms with van der Waals surface area (Å²) >= 11 is 0. The molecule has 1 nitrogen and oxygen atoms in total. The molecular formula is C25H29N. The third kappa shape index (κ3) is 1.98. The van der Waals surface area contributed by atoms with Gasteiger partial charge in [0.1, 0.15) is 0 Å². The van der Waals surface area contributed by atoms with E-state index in [1.54, 1.807) is 11.1 Å². The maximum absolute atomic E-state index is 2.55. The van der Waals surface area contributed by atoms with E-state index in [1.807, 2.05) is 0 Å². The molecule has 2 aliphatic rings. The zero-order chi connectivity index (χ0) is 18.4. The van der Waals surface area contributed by atoms with E-state index in [0.29, 0.717) is 0 Å². The van der Waals surface area contributed by atoms with Crippen LogP contribution in [-0.4, -0.2) is 4.57 Å². The topological polar surface area (TPSA) is 4.93 Å². The van der Waals surface area contributed by atoms with Crippen molar-refractivity contribution in [1.82, 2.24) is 4.57 Å². The molecule has 0 bridgehead atoms. The van der Waals surface area contributed by atoms with E-state index in [-0.39, 0.29) is 10.8 Å². The minimum atomic E-state index is 0.268. The van der Waals surface area contributed by atoms with E-state index in [0.717, 1.165) is 6.42 Å². The normalized spacial score (nSPS) is 19.3. The first-order valence-electron chi connectivity index (χ1n) is 9.95. The first kappa shape index (κ1) is 16.2. The van der Waals surface area contributed by atoms with Gasteiger partial charge >= 0.3 is 0 Å². The van der Waals surface area contributed by atoms with E-state index in [9.17, 15) is 0 Å². The van der Waals surface area contributed by atoms with Gasteiger partial charge in [-0.1, -0.05) is 45.4 Å². The van der Waals surface area contributed by atoms with Gasteiger partial charge < -0.3 is 4.57 Å². The molecule has 134 valence electrons. The predicted molar refractivity (Wildman–Crippen MR) is 111 cm³/mol. The van der Waals surface area contributed by atoms with Crippen LogP contribution >= 0.6 is 0 Å². The molecule has 0 amide bonds. The summed E-state index contributed by atoms with van der Waals surface area (Å²) in [6.07, 6.45) is 3.63. The van der Waals surface area contributed by atoms with Crippen LogP contribution in [0.4, 0.5) is 0 Å². The summed E-state index contributed by atoms with van der Waals surface area (Å²) in [7, 11) is 2.24. The number of fused-ring (bicyclic) bond motifs is 6. The lowest BCUT2D eigenvalue weighted by Gasteiger charge is -2.42. The Morgan fingerprint density at radius 3 is 2.23 bits per heavy atom. The second-order valence-corrected chi connectivity index (χ2v) is 9.91. The van der Waals surface area contributed by atoms with Crippen LogP contribution in [0.25, 0.3) is 22.2 Å². The van der Waals surface area contributed by atoms with Gasteiger partial charge in [0.25, 0.3) is 0 Å². The van der Waals surface area contributed by atoms with E-state index in [2.05, 4.69) is 76.6 Å². The largest absolute Gasteiger partial charge is 0.343 e. The Labute approximate surface area is 157 Å². The second kappa shape index (κ2) is 4.82. The zero-order valence-electron chi connectivity index (χ0n) is 17.0. The van der Waals surface area contributed by atoms with E-state index < -0.39 is 0 Å². The SMILES string of the molecule is Cc1ccc2c(c1)c1c(n2C)-c2cc3c(cc2C1)C(C)(C)CCC3(C)C. The quantitative estimate of drug-likeness (QED) is 0.348. The molecule has 5 rings (SSSR count). The van der Waals surface area contributed by atoms with E-state index in [4.69, 9.17) is 0 Å². The highest BCUT2D eigenvalue weighted by atomic mass is 15.0. The molecule has 26 heavy (non-hydrogen) atoms. The average Bonchev–Trinajstić information content (AvgIpc) is 3.07. The van der Waals surface area contributed by atoms with Crippen molar-refractivity contribution < 1.29 is 0 Å². The number of hydrogen-bond acceptors (Lipinski definition) is 0. The van der Waals surface area contributed by atoms with Crippen molar-refractivity contribution in [3.05, 3.63) is 58.1 Å². The van der Waals surface area contributed by atoms with Crippen molar-refractivity contribution in [1.29, 1.82) is 0 Å². The highest BCUT2D eigenvalue weighted by Crippen LogP contribution is 2.51. The fourth-order valence-electron chi connectivity index (χ4n) is 5.37. The number of benzene rings is 2. The van der Waals surface area contributed by atoms with Gasteiger partial charge in [0.05, 0.1) is 5.69 Å². The highest BCUT2D eigenvalue weighted by Gasteiger charge is 2.39. The number of aromatic nitrogens is 1. The summed E-state index contributed by atoms with van der Waals surface area (Å²) in [6, 6.07) is 12.0. The molecule has 0 aliphatic heterocycles. The first-order valence-corrected chi connectivity index (χ1v) is 9.95. The standard InChI is InChI=1S/C25H29N/c1-15-7-8-22-18(11-15)19-12-16-13-20-21(14-17(16)23(19)26(22)6)25(4,5)10-9-24(20,2)3/h7-8,11,13-14H,9-10,12H2,1-6H3. The van der Waals surface area contributed by atoms with Crippen LogP contribution in [0, 0.1) is 6.92 Å². The van der Waals surface area contributed by atoms with Crippen molar-refractivity contribution in [2.24, 2.45) is 7.05 Å². The van der Waals surface area contributed by atoms with Crippen molar-refractivity contribution in [3.8, 4) is 11.3 Å². The molecule has 1 aromatic heterocycles. The lowest BCUT2D eigenvalue weighted by molar-refractivity contribution is 0.332. The van der Waals surface area contributed by atoms with Gasteiger partial charge in [-0.05, 0) is 71.0 Å². The van der Waals surface area contributed by atoms with Crippen molar-refractivity contribution in [2.45, 2.75) is 64.7 Å². The van der Waals surface area contributed by atoms with Crippen molar-refractivity contribution in [3.63, 3.8) is 0 Å². The average molecular weight is 344 g/mol. The van der Waals surface area contributed by atoms with E-state index >= 15 is 0 Å². The van der Waals surface area contributed by atoms with Gasteiger partial charge in [-0.3, -0.25) is 0 Å². The van der Waals surface area contributed by atoms with Crippen LogP contribution in [0.3, 0.4) is 0 Å². The summed E-state index contributed by atoms with van der Waals surface area (Å²) in [5, 5.41) is 1.44. The molecule has 0 N–H and O–H groups in total. The van der Waals surface area contributed by atoms with Crippen molar-refractivity contribution in [2.75, 3.05) is 0 Å². The highest BCUT2D eigenvalue weighted by molar-refractivity contribution is 5.96. The van der Waals surface area contributed by atoms with Gasteiger partial charge in [-0.15, -0.1) is 0 Å². The molecule has 1 heteroatoms. The minimum Gasteiger partial charge on any atom is -0.343 e. The van der Waals surface area contributed by atoms with Gasteiger partial charge in [-0.25, -0.2) is 0 Å². The fourth-order valence-corrected chi connectivity index (χ4v) is 5.37. The number of nitrogens with zero attached hydrogens (tertiary/aromatic N) is 1. The van der Waals surface area contributed by atoms with Crippen molar-refractivity contribution >= 4 is 10.9 Å². The van der Waals surface area contributed by atoms with Gasteiger partial charge in [0, 0.05) is 29.9 Å². The monoisotopic (exact) mass is 343 g/mol. The van der Waals surface area contributed by atoms with Crippen LogP contribution < -0.4 is 0 Å². The molecule has 0 saturated heterocycles. The Bertz CT molecular complexity index is 1080. The van der Waals surface area contributed by atoms with Crippen LogP contribution in [0.15, 0.2) is 30.3 Å². The molecule has 2 aromatic carbocycles. The Morgan fingerprint density at radius 2 is 1.54 bits per heavy atom. The molecule has 2 aliphatic carbocycles. The Kier molecular flexibility index (Phi) is 3.00. The molecule has 1 heterocycles. The van der Waals surface area contributed by atoms with Crippen LogP contribution in [0.1, 0.15) is 68.4 Å². The van der Waals surface area contributed by atoms with E-state index in [1.165, 1.54) is 51.7 Å². The van der Waals surface area contributed by atoms with Gasteiger partial charge in [0.15, 0.2) is 0 Å². The molecule has 0 radical (unpaired) electrons. The molecule has 3 aromatic rings. The fraction of sp³-hybridized carbons (Fsp3) is 0.440. The maximum atomic E-state index is 2.55. The number of hydrogen-bond donors (Lipinski definition) is 0.